The van der Waals surface area contributed by atoms with Crippen LogP contribution >= 0.6 is 0 Å². The first-order chi connectivity index (χ1) is 7.17. The Morgan fingerprint density at radius 3 is 2.40 bits per heavy atom. The van der Waals surface area contributed by atoms with E-state index in [-0.39, 0.29) is 0 Å². The number of likely N-dealkylation sites (N-methyl/N-ethyl adjacent to an activating group) is 1. The monoisotopic (exact) mass is 216 g/mol. The molecule has 2 atom stereocenters. The van der Waals surface area contributed by atoms with Crippen molar-refractivity contribution in [3.05, 3.63) is 0 Å². The standard InChI is InChI=1S/C12H28N2O/c1-6-8-13-11(3)12(4)14(7-2)9-10-15-5/h11-13H,6-10H2,1-5H3. The van der Waals surface area contributed by atoms with Gasteiger partial charge in [0.25, 0.3) is 0 Å². The normalized spacial score (nSPS) is 15.6. The van der Waals surface area contributed by atoms with Crippen LogP contribution in [0.25, 0.3) is 0 Å². The van der Waals surface area contributed by atoms with Crippen LogP contribution in [0.15, 0.2) is 0 Å². The first kappa shape index (κ1) is 14.9. The summed E-state index contributed by atoms with van der Waals surface area (Å²) < 4.78 is 5.12. The SMILES string of the molecule is CCCNC(C)C(C)N(CC)CCOC. The Morgan fingerprint density at radius 1 is 1.27 bits per heavy atom. The highest BCUT2D eigenvalue weighted by molar-refractivity contribution is 4.76. The topological polar surface area (TPSA) is 24.5 Å². The van der Waals surface area contributed by atoms with Gasteiger partial charge in [-0.1, -0.05) is 13.8 Å². The molecule has 92 valence electrons. The predicted molar refractivity (Wildman–Crippen MR) is 66.3 cm³/mol. The van der Waals surface area contributed by atoms with Crippen molar-refractivity contribution >= 4 is 0 Å². The molecule has 0 aromatic heterocycles. The Morgan fingerprint density at radius 2 is 1.93 bits per heavy atom. The summed E-state index contributed by atoms with van der Waals surface area (Å²) in [6.45, 7) is 13.0. The van der Waals surface area contributed by atoms with Gasteiger partial charge in [0.2, 0.25) is 0 Å². The molecule has 0 radical (unpaired) electrons. The van der Waals surface area contributed by atoms with Crippen LogP contribution in [-0.2, 0) is 4.74 Å². The molecule has 0 aromatic rings. The molecule has 0 aliphatic carbocycles. The summed E-state index contributed by atoms with van der Waals surface area (Å²) >= 11 is 0. The van der Waals surface area contributed by atoms with E-state index in [1.165, 1.54) is 6.42 Å². The van der Waals surface area contributed by atoms with E-state index in [0.717, 1.165) is 26.2 Å². The molecule has 15 heavy (non-hydrogen) atoms. The van der Waals surface area contributed by atoms with Crippen LogP contribution in [0.3, 0.4) is 0 Å². The van der Waals surface area contributed by atoms with Crippen LogP contribution < -0.4 is 5.32 Å². The van der Waals surface area contributed by atoms with Crippen molar-refractivity contribution in [2.45, 2.75) is 46.2 Å². The Kier molecular flexibility index (Phi) is 9.06. The van der Waals surface area contributed by atoms with Gasteiger partial charge in [-0.15, -0.1) is 0 Å². The van der Waals surface area contributed by atoms with E-state index >= 15 is 0 Å². The molecule has 0 aromatic carbocycles. The third-order valence-electron chi connectivity index (χ3n) is 3.00. The Balaban J connectivity index is 3.93. The van der Waals surface area contributed by atoms with Gasteiger partial charge in [-0.2, -0.15) is 0 Å². The van der Waals surface area contributed by atoms with Crippen molar-refractivity contribution in [1.29, 1.82) is 0 Å². The lowest BCUT2D eigenvalue weighted by Gasteiger charge is -2.32. The molecule has 3 nitrogen and oxygen atoms in total. The van der Waals surface area contributed by atoms with Crippen molar-refractivity contribution in [2.75, 3.05) is 33.4 Å². The fraction of sp³-hybridized carbons (Fsp3) is 1.00. The lowest BCUT2D eigenvalue weighted by atomic mass is 10.1. The fourth-order valence-corrected chi connectivity index (χ4v) is 1.72. The van der Waals surface area contributed by atoms with Crippen LogP contribution in [-0.4, -0.2) is 50.3 Å². The van der Waals surface area contributed by atoms with Gasteiger partial charge in [0.15, 0.2) is 0 Å². The average molecular weight is 216 g/mol. The predicted octanol–water partition coefficient (Wildman–Crippen LogP) is 1.73. The second kappa shape index (κ2) is 9.13. The maximum absolute atomic E-state index is 5.12. The molecule has 0 heterocycles. The summed E-state index contributed by atoms with van der Waals surface area (Å²) in [6.07, 6.45) is 1.20. The van der Waals surface area contributed by atoms with E-state index < -0.39 is 0 Å². The van der Waals surface area contributed by atoms with Gasteiger partial charge < -0.3 is 10.1 Å². The smallest absolute Gasteiger partial charge is 0.0589 e. The third-order valence-corrected chi connectivity index (χ3v) is 3.00. The van der Waals surface area contributed by atoms with Gasteiger partial charge in [0, 0.05) is 25.7 Å². The van der Waals surface area contributed by atoms with Crippen LogP contribution in [0.4, 0.5) is 0 Å². The molecule has 0 fully saturated rings. The number of nitrogens with zero attached hydrogens (tertiary/aromatic N) is 1. The Bertz CT molecular complexity index is 142. The van der Waals surface area contributed by atoms with Gasteiger partial charge in [0.05, 0.1) is 6.61 Å². The van der Waals surface area contributed by atoms with E-state index in [4.69, 9.17) is 4.74 Å². The van der Waals surface area contributed by atoms with Crippen molar-refractivity contribution in [3.63, 3.8) is 0 Å². The zero-order valence-electron chi connectivity index (χ0n) is 11.0. The van der Waals surface area contributed by atoms with Crippen molar-refractivity contribution in [3.8, 4) is 0 Å². The summed E-state index contributed by atoms with van der Waals surface area (Å²) in [4.78, 5) is 2.46. The molecule has 0 rings (SSSR count). The first-order valence-corrected chi connectivity index (χ1v) is 6.13. The third kappa shape index (κ3) is 6.13. The molecule has 2 unspecified atom stereocenters. The second-order valence-corrected chi connectivity index (χ2v) is 4.10. The van der Waals surface area contributed by atoms with Gasteiger partial charge in [0.1, 0.15) is 0 Å². The molecule has 3 heteroatoms. The largest absolute Gasteiger partial charge is 0.383 e. The number of nitrogens with one attached hydrogen (secondary N) is 1. The highest BCUT2D eigenvalue weighted by atomic mass is 16.5. The lowest BCUT2D eigenvalue weighted by Crippen LogP contribution is -2.48. The number of methoxy groups -OCH3 is 1. The molecule has 0 bridgehead atoms. The van der Waals surface area contributed by atoms with Crippen molar-refractivity contribution in [1.82, 2.24) is 10.2 Å². The molecule has 1 N–H and O–H groups in total. The Labute approximate surface area is 95.2 Å². The van der Waals surface area contributed by atoms with Crippen molar-refractivity contribution in [2.24, 2.45) is 0 Å². The molecule has 0 saturated heterocycles. The van der Waals surface area contributed by atoms with E-state index in [2.05, 4.69) is 37.9 Å². The maximum atomic E-state index is 5.12. The number of rotatable bonds is 9. The zero-order valence-corrected chi connectivity index (χ0v) is 11.0. The van der Waals surface area contributed by atoms with E-state index in [1.807, 2.05) is 0 Å². The van der Waals surface area contributed by atoms with Gasteiger partial charge in [-0.05, 0) is 33.4 Å². The minimum Gasteiger partial charge on any atom is -0.383 e. The van der Waals surface area contributed by atoms with Crippen LogP contribution in [0.1, 0.15) is 34.1 Å². The molecular formula is C12H28N2O. The maximum Gasteiger partial charge on any atom is 0.0589 e. The van der Waals surface area contributed by atoms with Gasteiger partial charge >= 0.3 is 0 Å². The first-order valence-electron chi connectivity index (χ1n) is 6.13. The van der Waals surface area contributed by atoms with E-state index in [0.29, 0.717) is 12.1 Å². The van der Waals surface area contributed by atoms with Gasteiger partial charge in [-0.25, -0.2) is 0 Å². The number of hydrogen-bond donors (Lipinski definition) is 1. The molecular weight excluding hydrogens is 188 g/mol. The fourth-order valence-electron chi connectivity index (χ4n) is 1.72. The summed E-state index contributed by atoms with van der Waals surface area (Å²) in [7, 11) is 1.76. The minimum atomic E-state index is 0.543. The highest BCUT2D eigenvalue weighted by Gasteiger charge is 2.17. The summed E-state index contributed by atoms with van der Waals surface area (Å²) in [5.74, 6) is 0. The van der Waals surface area contributed by atoms with Crippen LogP contribution in [0.5, 0.6) is 0 Å². The molecule has 0 amide bonds. The summed E-state index contributed by atoms with van der Waals surface area (Å²) in [5, 5.41) is 3.54. The van der Waals surface area contributed by atoms with Crippen LogP contribution in [0.2, 0.25) is 0 Å². The Hall–Kier alpha value is -0.120. The quantitative estimate of drug-likeness (QED) is 0.635. The summed E-state index contributed by atoms with van der Waals surface area (Å²) in [6, 6.07) is 1.11. The van der Waals surface area contributed by atoms with Crippen molar-refractivity contribution < 1.29 is 4.74 Å². The minimum absolute atomic E-state index is 0.543. The zero-order chi connectivity index (χ0) is 11.7. The van der Waals surface area contributed by atoms with E-state index in [1.54, 1.807) is 7.11 Å². The summed E-state index contributed by atoms with van der Waals surface area (Å²) in [5.41, 5.74) is 0. The molecule has 0 aliphatic heterocycles. The van der Waals surface area contributed by atoms with E-state index in [9.17, 15) is 0 Å². The second-order valence-electron chi connectivity index (χ2n) is 4.10. The molecule has 0 spiro atoms. The van der Waals surface area contributed by atoms with Gasteiger partial charge in [-0.3, -0.25) is 4.90 Å². The molecule has 0 aliphatic rings. The highest BCUT2D eigenvalue weighted by Crippen LogP contribution is 2.03. The number of ether oxygens (including phenoxy) is 1. The lowest BCUT2D eigenvalue weighted by molar-refractivity contribution is 0.116. The number of hydrogen-bond acceptors (Lipinski definition) is 3. The average Bonchev–Trinajstić information content (AvgIpc) is 2.26. The van der Waals surface area contributed by atoms with Crippen LogP contribution in [0, 0.1) is 0 Å². The molecule has 0 saturated carbocycles.